The van der Waals surface area contributed by atoms with Gasteiger partial charge >= 0.3 is 0 Å². The van der Waals surface area contributed by atoms with Gasteiger partial charge in [-0.3, -0.25) is 4.90 Å². The minimum atomic E-state index is -0.612. The van der Waals surface area contributed by atoms with Gasteiger partial charge in [0.25, 0.3) is 0 Å². The zero-order valence-corrected chi connectivity index (χ0v) is 16.9. The number of fused-ring (bicyclic) bond motifs is 1. The Labute approximate surface area is 174 Å². The first-order chi connectivity index (χ1) is 14.7. The molecule has 158 valence electrons. The molecule has 0 bridgehead atoms. The molecule has 3 aromatic rings. The van der Waals surface area contributed by atoms with Crippen LogP contribution >= 0.6 is 0 Å². The number of para-hydroxylation sites is 1. The van der Waals surface area contributed by atoms with Gasteiger partial charge in [0.15, 0.2) is 11.5 Å². The molecule has 1 aromatic heterocycles. The molecule has 0 spiro atoms. The number of nitrogens with one attached hydrogen (secondary N) is 1. The van der Waals surface area contributed by atoms with Gasteiger partial charge in [-0.1, -0.05) is 18.2 Å². The number of ether oxygens (including phenoxy) is 3. The maximum atomic E-state index is 14.7. The number of aromatic nitrogens is 2. The van der Waals surface area contributed by atoms with Crippen LogP contribution in [-0.2, 0) is 4.74 Å². The molecule has 8 heteroatoms. The first-order valence-electron chi connectivity index (χ1n) is 10.0. The van der Waals surface area contributed by atoms with Crippen LogP contribution in [0.1, 0.15) is 6.42 Å². The molecule has 0 radical (unpaired) electrons. The number of rotatable bonds is 8. The lowest BCUT2D eigenvalue weighted by Gasteiger charge is -2.26. The molecule has 2 heterocycles. The minimum Gasteiger partial charge on any atom is -0.493 e. The highest BCUT2D eigenvalue weighted by Gasteiger charge is 2.15. The van der Waals surface area contributed by atoms with Crippen LogP contribution in [0.4, 0.5) is 16.0 Å². The number of nitrogens with zero attached hydrogens (tertiary/aromatic N) is 3. The zero-order valence-electron chi connectivity index (χ0n) is 16.9. The number of anilines is 2. The number of morpholine rings is 1. The maximum absolute atomic E-state index is 14.7. The van der Waals surface area contributed by atoms with E-state index in [1.54, 1.807) is 19.2 Å². The molecular formula is C22H25FN4O3. The second-order valence-corrected chi connectivity index (χ2v) is 7.01. The summed E-state index contributed by atoms with van der Waals surface area (Å²) in [5.41, 5.74) is 1.22. The predicted molar refractivity (Wildman–Crippen MR) is 113 cm³/mol. The van der Waals surface area contributed by atoms with Crippen molar-refractivity contribution in [1.29, 1.82) is 0 Å². The van der Waals surface area contributed by atoms with E-state index in [2.05, 4.69) is 20.2 Å². The number of methoxy groups -OCH3 is 1. The van der Waals surface area contributed by atoms with E-state index in [0.717, 1.165) is 45.0 Å². The second-order valence-electron chi connectivity index (χ2n) is 7.01. The molecule has 4 rings (SSSR count). The van der Waals surface area contributed by atoms with Crippen molar-refractivity contribution in [2.45, 2.75) is 6.42 Å². The molecule has 7 nitrogen and oxygen atoms in total. The molecule has 0 unspecified atom stereocenters. The van der Waals surface area contributed by atoms with Gasteiger partial charge in [-0.25, -0.2) is 4.98 Å². The monoisotopic (exact) mass is 412 g/mol. The summed E-state index contributed by atoms with van der Waals surface area (Å²) >= 11 is 0. The molecule has 0 atom stereocenters. The Morgan fingerprint density at radius 2 is 1.90 bits per heavy atom. The first-order valence-corrected chi connectivity index (χ1v) is 10.0. The van der Waals surface area contributed by atoms with Crippen LogP contribution in [0.2, 0.25) is 0 Å². The third-order valence-corrected chi connectivity index (χ3v) is 4.94. The molecule has 0 amide bonds. The third kappa shape index (κ3) is 4.95. The highest BCUT2D eigenvalue weighted by atomic mass is 19.1. The summed E-state index contributed by atoms with van der Waals surface area (Å²) < 4.78 is 31.4. The quantitative estimate of drug-likeness (QED) is 0.448. The summed E-state index contributed by atoms with van der Waals surface area (Å²) in [6, 6.07) is 12.7. The molecular weight excluding hydrogens is 387 g/mol. The summed E-state index contributed by atoms with van der Waals surface area (Å²) in [4.78, 5) is 10.7. The van der Waals surface area contributed by atoms with Crippen molar-refractivity contribution < 1.29 is 18.6 Å². The van der Waals surface area contributed by atoms with Crippen LogP contribution in [0.5, 0.6) is 11.5 Å². The van der Waals surface area contributed by atoms with Gasteiger partial charge in [0.2, 0.25) is 11.9 Å². The van der Waals surface area contributed by atoms with Gasteiger partial charge in [-0.05, 0) is 24.6 Å². The zero-order chi connectivity index (χ0) is 20.8. The Morgan fingerprint density at radius 3 is 2.67 bits per heavy atom. The fraction of sp³-hybridized carbons (Fsp3) is 0.364. The summed E-state index contributed by atoms with van der Waals surface area (Å²) in [6.45, 7) is 4.89. The van der Waals surface area contributed by atoms with Crippen molar-refractivity contribution in [3.05, 3.63) is 48.4 Å². The third-order valence-electron chi connectivity index (χ3n) is 4.94. The van der Waals surface area contributed by atoms with Gasteiger partial charge in [0, 0.05) is 31.4 Å². The minimum absolute atomic E-state index is 0.187. The Balaban J connectivity index is 1.47. The molecule has 2 aromatic carbocycles. The molecule has 1 aliphatic rings. The number of hydrogen-bond acceptors (Lipinski definition) is 7. The van der Waals surface area contributed by atoms with Crippen molar-refractivity contribution in [2.75, 3.05) is 51.9 Å². The van der Waals surface area contributed by atoms with Crippen molar-refractivity contribution in [3.8, 4) is 11.5 Å². The van der Waals surface area contributed by atoms with Crippen molar-refractivity contribution >= 4 is 22.5 Å². The van der Waals surface area contributed by atoms with Crippen LogP contribution in [-0.4, -0.2) is 61.4 Å². The first kappa shape index (κ1) is 20.3. The van der Waals surface area contributed by atoms with Crippen LogP contribution < -0.4 is 14.8 Å². The highest BCUT2D eigenvalue weighted by Crippen LogP contribution is 2.33. The van der Waals surface area contributed by atoms with Crippen LogP contribution in [0.15, 0.2) is 42.5 Å². The molecule has 0 aliphatic carbocycles. The van der Waals surface area contributed by atoms with E-state index < -0.39 is 5.95 Å². The van der Waals surface area contributed by atoms with Crippen LogP contribution in [0.3, 0.4) is 0 Å². The predicted octanol–water partition coefficient (Wildman–Crippen LogP) is 3.62. The van der Waals surface area contributed by atoms with E-state index in [0.29, 0.717) is 23.6 Å². The summed E-state index contributed by atoms with van der Waals surface area (Å²) in [5, 5.41) is 3.30. The lowest BCUT2D eigenvalue weighted by atomic mass is 10.2. The lowest BCUT2D eigenvalue weighted by molar-refractivity contribution is 0.0357. The Hall–Kier alpha value is -2.97. The Bertz CT molecular complexity index is 981. The van der Waals surface area contributed by atoms with Crippen LogP contribution in [0, 0.1) is 5.95 Å². The van der Waals surface area contributed by atoms with E-state index in [1.165, 1.54) is 0 Å². The molecule has 0 saturated carbocycles. The second kappa shape index (κ2) is 9.69. The molecule has 1 fully saturated rings. The van der Waals surface area contributed by atoms with Gasteiger partial charge < -0.3 is 19.5 Å². The van der Waals surface area contributed by atoms with E-state index in [1.807, 2.05) is 30.3 Å². The topological polar surface area (TPSA) is 68.7 Å². The largest absolute Gasteiger partial charge is 0.493 e. The normalized spacial score (nSPS) is 14.6. The van der Waals surface area contributed by atoms with Gasteiger partial charge in [-0.2, -0.15) is 9.37 Å². The number of halogens is 1. The fourth-order valence-corrected chi connectivity index (χ4v) is 3.37. The SMILES string of the molecule is COc1cc2nc(Nc3ccccc3)nc(F)c2cc1OCCCN1CCOCC1. The van der Waals surface area contributed by atoms with Crippen molar-refractivity contribution in [3.63, 3.8) is 0 Å². The van der Waals surface area contributed by atoms with Crippen molar-refractivity contribution in [1.82, 2.24) is 14.9 Å². The lowest BCUT2D eigenvalue weighted by Crippen LogP contribution is -2.37. The molecule has 1 saturated heterocycles. The number of hydrogen-bond donors (Lipinski definition) is 1. The average molecular weight is 412 g/mol. The van der Waals surface area contributed by atoms with Gasteiger partial charge in [0.1, 0.15) is 0 Å². The molecule has 1 aliphatic heterocycles. The van der Waals surface area contributed by atoms with E-state index in [9.17, 15) is 4.39 Å². The highest BCUT2D eigenvalue weighted by molar-refractivity contribution is 5.83. The van der Waals surface area contributed by atoms with E-state index in [-0.39, 0.29) is 11.3 Å². The summed E-state index contributed by atoms with van der Waals surface area (Å²) in [7, 11) is 1.56. The smallest absolute Gasteiger partial charge is 0.230 e. The van der Waals surface area contributed by atoms with Crippen molar-refractivity contribution in [2.24, 2.45) is 0 Å². The molecule has 1 N–H and O–H groups in total. The summed E-state index contributed by atoms with van der Waals surface area (Å²) in [5.74, 6) is 0.572. The van der Waals surface area contributed by atoms with Gasteiger partial charge in [0.05, 0.1) is 37.8 Å². The Morgan fingerprint density at radius 1 is 1.10 bits per heavy atom. The van der Waals surface area contributed by atoms with E-state index >= 15 is 0 Å². The maximum Gasteiger partial charge on any atom is 0.230 e. The number of benzene rings is 2. The average Bonchev–Trinajstić information content (AvgIpc) is 2.78. The van der Waals surface area contributed by atoms with Crippen LogP contribution in [0.25, 0.3) is 10.9 Å². The summed E-state index contributed by atoms with van der Waals surface area (Å²) in [6.07, 6.45) is 0.861. The van der Waals surface area contributed by atoms with Gasteiger partial charge in [-0.15, -0.1) is 0 Å². The Kier molecular flexibility index (Phi) is 6.56. The van der Waals surface area contributed by atoms with E-state index in [4.69, 9.17) is 14.2 Å². The fourth-order valence-electron chi connectivity index (χ4n) is 3.37. The standard InChI is InChI=1S/C22H25FN4O3/c1-28-19-15-18-17(14-20(19)30-11-5-8-27-9-12-29-13-10-27)21(23)26-22(25-18)24-16-6-3-2-4-7-16/h2-4,6-7,14-15H,5,8-13H2,1H3,(H,24,25,26). The molecule has 30 heavy (non-hydrogen) atoms.